The van der Waals surface area contributed by atoms with Gasteiger partial charge in [-0.2, -0.15) is 5.10 Å². The van der Waals surface area contributed by atoms with Crippen LogP contribution in [-0.4, -0.2) is 107 Å². The van der Waals surface area contributed by atoms with Gasteiger partial charge in [0.1, 0.15) is 18.0 Å². The van der Waals surface area contributed by atoms with Crippen molar-refractivity contribution in [3.63, 3.8) is 0 Å². The predicted molar refractivity (Wildman–Crippen MR) is 248 cm³/mol. The lowest BCUT2D eigenvalue weighted by atomic mass is 10.1. The maximum atomic E-state index is 15.6. The van der Waals surface area contributed by atoms with Crippen LogP contribution in [0.3, 0.4) is 0 Å². The van der Waals surface area contributed by atoms with E-state index in [0.29, 0.717) is 66.3 Å². The summed E-state index contributed by atoms with van der Waals surface area (Å²) in [7, 11) is 5.17. The van der Waals surface area contributed by atoms with Crippen LogP contribution in [0.2, 0.25) is 0 Å². The number of ether oxygens (including phenoxy) is 2. The number of aromatic nitrogens is 10. The zero-order valence-electron chi connectivity index (χ0n) is 36.0. The van der Waals surface area contributed by atoms with E-state index in [1.807, 2.05) is 36.4 Å². The highest BCUT2D eigenvalue weighted by Crippen LogP contribution is 2.42. The number of halogens is 2. The van der Waals surface area contributed by atoms with Gasteiger partial charge >= 0.3 is 0 Å². The summed E-state index contributed by atoms with van der Waals surface area (Å²) in [5, 5.41) is 30.3. The second-order valence-corrected chi connectivity index (χ2v) is 17.5. The second kappa shape index (κ2) is 17.2. The summed E-state index contributed by atoms with van der Waals surface area (Å²) in [5.74, 6) is -0.571. The molecule has 0 saturated heterocycles. The molecule has 9 aromatic rings. The zero-order chi connectivity index (χ0) is 46.6. The van der Waals surface area contributed by atoms with Crippen LogP contribution in [0.1, 0.15) is 5.56 Å². The summed E-state index contributed by atoms with van der Waals surface area (Å²) in [4.78, 5) is 44.8. The number of pyridine rings is 4. The molecular weight excluding hydrogens is 919 g/mol. The van der Waals surface area contributed by atoms with Crippen molar-refractivity contribution in [2.45, 2.75) is 20.1 Å². The van der Waals surface area contributed by atoms with E-state index < -0.39 is 11.6 Å². The molecule has 0 atom stereocenters. The van der Waals surface area contributed by atoms with E-state index in [9.17, 15) is 9.59 Å². The van der Waals surface area contributed by atoms with Gasteiger partial charge in [-0.05, 0) is 72.1 Å². The van der Waals surface area contributed by atoms with Gasteiger partial charge in [0.05, 0.1) is 42.4 Å². The number of aryl methyl sites for hydroxylation is 1. The predicted octanol–water partition coefficient (Wildman–Crippen LogP) is 6.19. The molecule has 0 bridgehead atoms. The van der Waals surface area contributed by atoms with Gasteiger partial charge in [-0.15, -0.1) is 20.4 Å². The summed E-state index contributed by atoms with van der Waals surface area (Å²) in [5.41, 5.74) is 4.76. The SMILES string of the molecule is CN/C=C(\C=N\OCCN1C(=O)COc2c1cnc1ccc(Sc3nnc4c(F)cc(-c5cnn(C)c5)cn34)cc21)c1cc(F)c2nnc(Sc3ccc4ncc5c(c4c3)OCC(=O)N5C)n2c1. The van der Waals surface area contributed by atoms with Crippen molar-refractivity contribution < 1.29 is 32.7 Å². The Morgan fingerprint density at radius 2 is 1.41 bits per heavy atom. The number of amides is 2. The van der Waals surface area contributed by atoms with E-state index in [2.05, 4.69) is 45.9 Å². The Balaban J connectivity index is 0.792. The standard InChI is InChI=1S/C45H34F2N14O5S2/c1-48-14-26(24-10-32(46)42-53-55-44(60(42)20-24)67-28-4-6-34-30(12-28)40-36(17-49-34)58(3)38(62)22-64-40)16-52-66-9-8-59-37-18-50-35-7-5-29(13-31(35)41(37)65-23-39(59)63)68-45-56-54-43-33(47)11-25(21-61(43)45)27-15-51-57(2)19-27/h4-7,10-21,48H,8-9,22-23H2,1-3H3/b26-14+,52-16+. The number of oxime groups is 1. The number of anilines is 2. The Hall–Kier alpha value is -8.18. The van der Waals surface area contributed by atoms with Crippen LogP contribution in [0.4, 0.5) is 20.2 Å². The molecule has 2 amide bonds. The van der Waals surface area contributed by atoms with Gasteiger partial charge in [-0.1, -0.05) is 5.16 Å². The van der Waals surface area contributed by atoms with Crippen molar-refractivity contribution in [1.82, 2.24) is 54.3 Å². The highest BCUT2D eigenvalue weighted by Gasteiger charge is 2.29. The van der Waals surface area contributed by atoms with Crippen molar-refractivity contribution in [1.29, 1.82) is 0 Å². The third-order valence-corrected chi connectivity index (χ3v) is 13.1. The molecular formula is C45H34F2N14O5S2. The van der Waals surface area contributed by atoms with Crippen LogP contribution >= 0.6 is 23.5 Å². The first-order valence-corrected chi connectivity index (χ1v) is 22.4. The van der Waals surface area contributed by atoms with E-state index in [4.69, 9.17) is 14.3 Å². The molecule has 0 aliphatic carbocycles. The van der Waals surface area contributed by atoms with Gasteiger partial charge in [-0.3, -0.25) is 33.0 Å². The van der Waals surface area contributed by atoms with Gasteiger partial charge in [0.2, 0.25) is 10.3 Å². The minimum absolute atomic E-state index is 0.00172. The van der Waals surface area contributed by atoms with Crippen LogP contribution < -0.4 is 24.6 Å². The first-order chi connectivity index (χ1) is 33.1. The van der Waals surface area contributed by atoms with Crippen molar-refractivity contribution in [2.75, 3.05) is 50.3 Å². The molecule has 7 aromatic heterocycles. The molecule has 340 valence electrons. The maximum absolute atomic E-state index is 15.6. The number of rotatable bonds is 12. The number of fused-ring (bicyclic) bond motifs is 8. The largest absolute Gasteiger partial charge is 0.481 e. The molecule has 11 rings (SSSR count). The third-order valence-electron chi connectivity index (χ3n) is 11.2. The van der Waals surface area contributed by atoms with Crippen molar-refractivity contribution >= 4 is 91.6 Å². The molecule has 1 N–H and O–H groups in total. The fraction of sp³-hybridized carbons (Fsp3) is 0.156. The Morgan fingerprint density at radius 1 is 0.779 bits per heavy atom. The number of carbonyl (C=O) groups excluding carboxylic acids is 2. The lowest BCUT2D eigenvalue weighted by Crippen LogP contribution is -2.40. The first kappa shape index (κ1) is 42.5. The molecule has 0 unspecified atom stereocenters. The molecule has 2 aliphatic rings. The van der Waals surface area contributed by atoms with Gasteiger partial charge in [0.25, 0.3) is 11.8 Å². The molecule has 0 radical (unpaired) electrons. The number of allylic oxidation sites excluding steroid dienone is 1. The van der Waals surface area contributed by atoms with Crippen molar-refractivity contribution in [2.24, 2.45) is 12.2 Å². The van der Waals surface area contributed by atoms with Crippen LogP contribution in [0.5, 0.6) is 11.5 Å². The normalized spacial score (nSPS) is 14.0. The zero-order valence-corrected chi connectivity index (χ0v) is 37.6. The molecule has 23 heteroatoms. The van der Waals surface area contributed by atoms with Gasteiger partial charge in [0, 0.05) is 88.8 Å². The monoisotopic (exact) mass is 952 g/mol. The fourth-order valence-corrected chi connectivity index (χ4v) is 9.51. The van der Waals surface area contributed by atoms with E-state index in [0.717, 1.165) is 20.7 Å². The van der Waals surface area contributed by atoms with E-state index in [1.165, 1.54) is 51.7 Å². The summed E-state index contributed by atoms with van der Waals surface area (Å²) >= 11 is 2.56. The fourth-order valence-electron chi connectivity index (χ4n) is 7.82. The lowest BCUT2D eigenvalue weighted by Gasteiger charge is -2.29. The molecule has 0 fully saturated rings. The average Bonchev–Trinajstić information content (AvgIpc) is 4.09. The molecule has 0 spiro atoms. The Morgan fingerprint density at radius 3 is 2.07 bits per heavy atom. The maximum Gasteiger partial charge on any atom is 0.265 e. The van der Waals surface area contributed by atoms with Crippen LogP contribution in [0, 0.1) is 11.6 Å². The molecule has 0 saturated carbocycles. The Bertz CT molecular complexity index is 3600. The van der Waals surface area contributed by atoms with Crippen LogP contribution in [-0.2, 0) is 21.5 Å². The van der Waals surface area contributed by atoms with Crippen molar-refractivity contribution in [3.05, 3.63) is 109 Å². The van der Waals surface area contributed by atoms with Gasteiger partial charge in [0.15, 0.2) is 47.6 Å². The average molecular weight is 953 g/mol. The van der Waals surface area contributed by atoms with Crippen LogP contribution in [0.15, 0.2) is 117 Å². The minimum Gasteiger partial charge on any atom is -0.481 e. The quantitative estimate of drug-likeness (QED) is 0.0826. The molecule has 2 aliphatic heterocycles. The topological polar surface area (TPSA) is 197 Å². The second-order valence-electron chi connectivity index (χ2n) is 15.4. The number of benzene rings is 2. The number of hydrogen-bond acceptors (Lipinski definition) is 16. The highest BCUT2D eigenvalue weighted by molar-refractivity contribution is 7.99. The smallest absolute Gasteiger partial charge is 0.265 e. The highest BCUT2D eigenvalue weighted by atomic mass is 32.2. The Kier molecular flexibility index (Phi) is 10.8. The first-order valence-electron chi connectivity index (χ1n) is 20.7. The number of nitrogens with one attached hydrogen (secondary N) is 1. The lowest BCUT2D eigenvalue weighted by molar-refractivity contribution is -0.122. The number of likely N-dealkylation sites (N-methyl/N-ethyl adjacent to an activating group) is 1. The minimum atomic E-state index is -0.606. The summed E-state index contributed by atoms with van der Waals surface area (Å²) in [6.07, 6.45) is 13.2. The summed E-state index contributed by atoms with van der Waals surface area (Å²) in [6, 6.07) is 13.9. The van der Waals surface area contributed by atoms with E-state index >= 15 is 8.78 Å². The number of carbonyl (C=O) groups is 2. The summed E-state index contributed by atoms with van der Waals surface area (Å²) in [6.45, 7) is -0.174. The molecule has 9 heterocycles. The van der Waals surface area contributed by atoms with Crippen LogP contribution in [0.25, 0.3) is 49.8 Å². The van der Waals surface area contributed by atoms with Crippen molar-refractivity contribution in [3.8, 4) is 22.6 Å². The van der Waals surface area contributed by atoms with E-state index in [-0.39, 0.29) is 49.5 Å². The molecule has 68 heavy (non-hydrogen) atoms. The summed E-state index contributed by atoms with van der Waals surface area (Å²) < 4.78 is 47.4. The third kappa shape index (κ3) is 7.69. The molecule has 2 aromatic carbocycles. The van der Waals surface area contributed by atoms with E-state index in [1.54, 1.807) is 78.0 Å². The van der Waals surface area contributed by atoms with Gasteiger partial charge in [-0.25, -0.2) is 8.78 Å². The Labute approximate surface area is 391 Å². The molecule has 19 nitrogen and oxygen atoms in total. The number of nitrogens with zero attached hydrogens (tertiary/aromatic N) is 13. The number of hydrogen-bond donors (Lipinski definition) is 1. The van der Waals surface area contributed by atoms with Gasteiger partial charge < -0.3 is 29.4 Å².